The van der Waals surface area contributed by atoms with Crippen LogP contribution in [0.5, 0.6) is 0 Å². The first-order valence-electron chi connectivity index (χ1n) is 19.2. The lowest BCUT2D eigenvalue weighted by molar-refractivity contribution is -0.240. The van der Waals surface area contributed by atoms with E-state index in [2.05, 4.69) is 0 Å². The normalized spacial score (nSPS) is 29.5. The first-order valence-corrected chi connectivity index (χ1v) is 21.9. The maximum Gasteiger partial charge on any atom is 0.184 e. The van der Waals surface area contributed by atoms with Crippen LogP contribution in [-0.4, -0.2) is 69.8 Å². The molecular weight excluding hydrogens is 721 g/mol. The van der Waals surface area contributed by atoms with Gasteiger partial charge in [0.25, 0.3) is 0 Å². The van der Waals surface area contributed by atoms with E-state index in [-0.39, 0.29) is 49.2 Å². The summed E-state index contributed by atoms with van der Waals surface area (Å²) in [7, 11) is -2.06. The van der Waals surface area contributed by atoms with Gasteiger partial charge < -0.3 is 28.4 Å². The zero-order chi connectivity index (χ0) is 37.3. The Hall–Kier alpha value is -3.06. The molecule has 4 aliphatic rings. The molecule has 4 heterocycles. The molecule has 54 heavy (non-hydrogen) atoms. The van der Waals surface area contributed by atoms with Crippen molar-refractivity contribution in [1.82, 2.24) is 0 Å². The fourth-order valence-corrected chi connectivity index (χ4v) is 9.83. The van der Waals surface area contributed by atoms with E-state index >= 15 is 0 Å². The van der Waals surface area contributed by atoms with Crippen molar-refractivity contribution in [2.24, 2.45) is 0 Å². The average molecular weight is 773 g/mol. The van der Waals surface area contributed by atoms with Gasteiger partial charge in [0.1, 0.15) is 0 Å². The third-order valence-corrected chi connectivity index (χ3v) is 13.4. The summed E-state index contributed by atoms with van der Waals surface area (Å²) < 4.78 is 61.6. The summed E-state index contributed by atoms with van der Waals surface area (Å²) in [5.74, 6) is 1.09. The van der Waals surface area contributed by atoms with Gasteiger partial charge in [-0.25, -0.2) is 0 Å². The second kappa shape index (κ2) is 19.2. The molecule has 10 heteroatoms. The highest BCUT2D eigenvalue weighted by Gasteiger charge is 2.38. The first kappa shape index (κ1) is 39.2. The summed E-state index contributed by atoms with van der Waals surface area (Å²) >= 11 is 0. The number of aryl methyl sites for hydroxylation is 2. The Balaban J connectivity index is 0.000000167. The molecule has 0 saturated carbocycles. The molecule has 4 aromatic carbocycles. The van der Waals surface area contributed by atoms with E-state index in [9.17, 15) is 8.42 Å². The Labute approximate surface area is 324 Å². The van der Waals surface area contributed by atoms with Crippen molar-refractivity contribution in [2.45, 2.75) is 111 Å². The summed E-state index contributed by atoms with van der Waals surface area (Å²) in [6.07, 6.45) is 5.00. The summed E-state index contributed by atoms with van der Waals surface area (Å²) in [5.41, 5.74) is 4.43. The quantitative estimate of drug-likeness (QED) is 0.159. The van der Waals surface area contributed by atoms with E-state index in [0.717, 1.165) is 59.4 Å². The molecule has 0 amide bonds. The van der Waals surface area contributed by atoms with Crippen LogP contribution in [0.4, 0.5) is 0 Å². The van der Waals surface area contributed by atoms with Gasteiger partial charge in [0.15, 0.2) is 12.6 Å². The van der Waals surface area contributed by atoms with Crippen molar-refractivity contribution in [3.05, 3.63) is 131 Å². The Morgan fingerprint density at radius 3 is 1.22 bits per heavy atom. The van der Waals surface area contributed by atoms with Crippen LogP contribution in [0, 0.1) is 13.8 Å². The van der Waals surface area contributed by atoms with Crippen molar-refractivity contribution < 1.29 is 36.8 Å². The lowest BCUT2D eigenvalue weighted by Gasteiger charge is -2.33. The van der Waals surface area contributed by atoms with E-state index in [1.54, 1.807) is 0 Å². The molecule has 0 aliphatic carbocycles. The molecule has 10 atom stereocenters. The molecule has 4 aromatic rings. The zero-order valence-corrected chi connectivity index (χ0v) is 32.8. The van der Waals surface area contributed by atoms with Gasteiger partial charge in [-0.1, -0.05) is 96.1 Å². The highest BCUT2D eigenvalue weighted by molar-refractivity contribution is 7.85. The van der Waals surface area contributed by atoms with E-state index in [1.165, 1.54) is 11.1 Å². The van der Waals surface area contributed by atoms with Gasteiger partial charge in [0, 0.05) is 20.9 Å². The second-order valence-electron chi connectivity index (χ2n) is 14.6. The van der Waals surface area contributed by atoms with Gasteiger partial charge in [-0.2, -0.15) is 0 Å². The van der Waals surface area contributed by atoms with Crippen molar-refractivity contribution in [2.75, 3.05) is 24.7 Å². The number of rotatable bonds is 10. The van der Waals surface area contributed by atoms with Crippen molar-refractivity contribution in [1.29, 1.82) is 0 Å². The Kier molecular flexibility index (Phi) is 13.9. The van der Waals surface area contributed by atoms with Crippen molar-refractivity contribution in [3.63, 3.8) is 0 Å². The third-order valence-electron chi connectivity index (χ3n) is 10.4. The van der Waals surface area contributed by atoms with Gasteiger partial charge in [-0.3, -0.25) is 8.42 Å². The predicted molar refractivity (Wildman–Crippen MR) is 210 cm³/mol. The largest absolute Gasteiger partial charge is 0.371 e. The van der Waals surface area contributed by atoms with Gasteiger partial charge >= 0.3 is 0 Å². The highest BCUT2D eigenvalue weighted by Crippen LogP contribution is 2.35. The maximum absolute atomic E-state index is 12.6. The maximum atomic E-state index is 12.6. The number of hydrogen-bond acceptors (Lipinski definition) is 8. The monoisotopic (exact) mass is 772 g/mol. The molecule has 8 rings (SSSR count). The first-order chi connectivity index (χ1) is 26.4. The minimum Gasteiger partial charge on any atom is -0.371 e. The fraction of sp³-hybridized carbons (Fsp3) is 0.455. The van der Waals surface area contributed by atoms with Crippen LogP contribution in [0.15, 0.2) is 119 Å². The lowest BCUT2D eigenvalue weighted by atomic mass is 10.1. The molecule has 0 aromatic heterocycles. The Morgan fingerprint density at radius 2 is 0.833 bits per heavy atom. The number of hydrogen-bond donors (Lipinski definition) is 0. The molecule has 0 unspecified atom stereocenters. The molecule has 0 bridgehead atoms. The minimum atomic E-state index is -1.03. The van der Waals surface area contributed by atoms with Crippen LogP contribution < -0.4 is 0 Å². The molecule has 8 nitrogen and oxygen atoms in total. The number of ether oxygens (including phenoxy) is 6. The van der Waals surface area contributed by atoms with Crippen LogP contribution >= 0.6 is 0 Å². The van der Waals surface area contributed by atoms with E-state index in [0.29, 0.717) is 24.7 Å². The van der Waals surface area contributed by atoms with Crippen LogP contribution in [0.3, 0.4) is 0 Å². The van der Waals surface area contributed by atoms with Gasteiger partial charge in [0.05, 0.1) is 82.9 Å². The molecule has 0 spiro atoms. The van der Waals surface area contributed by atoms with Gasteiger partial charge in [0.2, 0.25) is 0 Å². The van der Waals surface area contributed by atoms with Crippen LogP contribution in [0.2, 0.25) is 0 Å². The van der Waals surface area contributed by atoms with E-state index in [1.807, 2.05) is 123 Å². The molecule has 4 saturated heterocycles. The van der Waals surface area contributed by atoms with Crippen molar-refractivity contribution in [3.8, 4) is 0 Å². The smallest absolute Gasteiger partial charge is 0.184 e. The average Bonchev–Trinajstić information content (AvgIpc) is 3.90. The molecular formula is C44H52O8S2. The fourth-order valence-electron chi connectivity index (χ4n) is 7.40. The van der Waals surface area contributed by atoms with Crippen molar-refractivity contribution >= 4 is 21.6 Å². The number of benzene rings is 4. The Morgan fingerprint density at radius 1 is 0.463 bits per heavy atom. The molecule has 4 aliphatic heterocycles. The minimum absolute atomic E-state index is 0.0266. The molecule has 288 valence electrons. The van der Waals surface area contributed by atoms with Crippen LogP contribution in [0.1, 0.15) is 73.4 Å². The lowest BCUT2D eigenvalue weighted by Crippen LogP contribution is -2.36. The van der Waals surface area contributed by atoms with Gasteiger partial charge in [-0.05, 0) is 76.6 Å². The SMILES string of the molecule is Cc1ccc([S@@](=O)C[C@H]2CC[C@@H]([C@@H]3CCO[C@H](c4ccccc4)O3)O2)cc1.Cc1ccc([S@@](=O)C[C@H]2CC[C@@H]([C@@H]3CCO[C@H](c4ccccc4)O3)O2)cc1. The Bertz CT molecular complexity index is 1660. The zero-order valence-electron chi connectivity index (χ0n) is 31.2. The van der Waals surface area contributed by atoms with Crippen LogP contribution in [-0.2, 0) is 50.0 Å². The summed E-state index contributed by atoms with van der Waals surface area (Å²) in [4.78, 5) is 1.75. The second-order valence-corrected chi connectivity index (χ2v) is 17.5. The summed E-state index contributed by atoms with van der Waals surface area (Å²) in [6, 6.07) is 35.9. The van der Waals surface area contributed by atoms with E-state index < -0.39 is 21.6 Å². The van der Waals surface area contributed by atoms with E-state index in [4.69, 9.17) is 28.4 Å². The molecule has 4 fully saturated rings. The molecule has 0 N–H and O–H groups in total. The molecule has 0 radical (unpaired) electrons. The predicted octanol–water partition coefficient (Wildman–Crippen LogP) is 8.31. The van der Waals surface area contributed by atoms with Crippen LogP contribution in [0.25, 0.3) is 0 Å². The highest BCUT2D eigenvalue weighted by atomic mass is 32.2. The summed E-state index contributed by atoms with van der Waals surface area (Å²) in [6.45, 7) is 5.41. The standard InChI is InChI=1S/2C22H26O4S/c2*1-16-7-10-19(11-8-16)27(23)15-18-9-12-20(25-18)21-13-14-24-22(26-21)17-5-3-2-4-6-17/h2*2-8,10-11,18,20-22H,9,12-15H2,1H3/t2*18-,20+,21+,22+,27+/m11/s1. The third kappa shape index (κ3) is 10.6. The topological polar surface area (TPSA) is 89.5 Å². The van der Waals surface area contributed by atoms with Gasteiger partial charge in [-0.15, -0.1) is 0 Å². The summed E-state index contributed by atoms with van der Waals surface area (Å²) in [5, 5.41) is 0.